The normalized spacial score (nSPS) is 11.7. The zero-order valence-corrected chi connectivity index (χ0v) is 29.6. The molecule has 2 heterocycles. The van der Waals surface area contributed by atoms with Crippen molar-refractivity contribution in [2.24, 2.45) is 0 Å². The van der Waals surface area contributed by atoms with E-state index in [1.54, 1.807) is 54.6 Å². The molecule has 0 saturated carbocycles. The van der Waals surface area contributed by atoms with Crippen LogP contribution >= 0.6 is 0 Å². The van der Waals surface area contributed by atoms with Gasteiger partial charge in [0.15, 0.2) is 0 Å². The molecule has 0 amide bonds. The summed E-state index contributed by atoms with van der Waals surface area (Å²) in [5.41, 5.74) is 0.875. The lowest BCUT2D eigenvalue weighted by atomic mass is 9.91. The maximum atomic E-state index is 14.9. The molecule has 0 bridgehead atoms. The highest BCUT2D eigenvalue weighted by Gasteiger charge is 2.35. The number of hydrogen-bond donors (Lipinski definition) is 1. The molecule has 0 unspecified atom stereocenters. The second-order valence-corrected chi connectivity index (χ2v) is 12.7. The zero-order chi connectivity index (χ0) is 40.5. The summed E-state index contributed by atoms with van der Waals surface area (Å²) >= 11 is 0. The molecule has 0 aliphatic carbocycles. The Morgan fingerprint density at radius 1 is 0.491 bits per heavy atom. The van der Waals surface area contributed by atoms with E-state index in [9.17, 15) is 40.2 Å². The predicted molar refractivity (Wildman–Crippen MR) is 203 cm³/mol. The Bertz CT molecular complexity index is 2740. The number of hydrogen-bond acceptors (Lipinski definition) is 4. The van der Waals surface area contributed by atoms with Crippen LogP contribution in [0, 0.1) is 11.6 Å². The summed E-state index contributed by atoms with van der Waals surface area (Å²) in [6.07, 6.45) is -6.51. The Hall–Kier alpha value is -6.82. The van der Waals surface area contributed by atoms with Crippen LogP contribution in [0.15, 0.2) is 146 Å². The molecule has 0 fully saturated rings. The minimum atomic E-state index is -4.60. The highest BCUT2D eigenvalue weighted by molar-refractivity contribution is 6.04. The molecule has 6 aromatic carbocycles. The Balaban J connectivity index is 0.000000174. The molecule has 286 valence electrons. The molecule has 0 aliphatic rings. The van der Waals surface area contributed by atoms with Gasteiger partial charge >= 0.3 is 12.4 Å². The van der Waals surface area contributed by atoms with Crippen LogP contribution in [0.1, 0.15) is 11.1 Å². The molecule has 57 heavy (non-hydrogen) atoms. The predicted octanol–water partition coefficient (Wildman–Crippen LogP) is 13.2. The van der Waals surface area contributed by atoms with Gasteiger partial charge in [0.25, 0.3) is 0 Å². The quantitative estimate of drug-likeness (QED) is 0.177. The number of methoxy groups -OCH3 is 1. The van der Waals surface area contributed by atoms with Crippen LogP contribution in [-0.4, -0.2) is 22.2 Å². The molecule has 1 N–H and O–H groups in total. The first-order valence-corrected chi connectivity index (χ1v) is 17.2. The van der Waals surface area contributed by atoms with Crippen LogP contribution in [0.25, 0.3) is 66.3 Å². The fourth-order valence-corrected chi connectivity index (χ4v) is 6.68. The van der Waals surface area contributed by atoms with E-state index in [2.05, 4.69) is 9.97 Å². The van der Waals surface area contributed by atoms with Crippen molar-refractivity contribution in [1.29, 1.82) is 0 Å². The van der Waals surface area contributed by atoms with Crippen LogP contribution in [0.4, 0.5) is 35.1 Å². The third-order valence-corrected chi connectivity index (χ3v) is 9.24. The number of halogens is 8. The Morgan fingerprint density at radius 3 is 1.37 bits per heavy atom. The van der Waals surface area contributed by atoms with Gasteiger partial charge in [-0.2, -0.15) is 26.3 Å². The van der Waals surface area contributed by atoms with Gasteiger partial charge in [-0.1, -0.05) is 84.9 Å². The van der Waals surface area contributed by atoms with Gasteiger partial charge in [-0.3, -0.25) is 9.97 Å². The summed E-state index contributed by atoms with van der Waals surface area (Å²) in [5.74, 6) is -1.00. The molecule has 0 radical (unpaired) electrons. The fourth-order valence-electron chi connectivity index (χ4n) is 6.68. The second kappa shape index (κ2) is 15.4. The van der Waals surface area contributed by atoms with Crippen LogP contribution in [0.5, 0.6) is 11.5 Å². The first-order chi connectivity index (χ1) is 27.3. The van der Waals surface area contributed by atoms with Crippen molar-refractivity contribution in [3.8, 4) is 56.0 Å². The summed E-state index contributed by atoms with van der Waals surface area (Å²) in [7, 11) is 1.45. The second-order valence-electron chi connectivity index (χ2n) is 12.7. The van der Waals surface area contributed by atoms with Gasteiger partial charge in [-0.05, 0) is 59.7 Å². The van der Waals surface area contributed by atoms with E-state index >= 15 is 0 Å². The number of phenols is 1. The molecule has 12 heteroatoms. The SMILES string of the molecule is COc1ccc(F)c(-c2c(-c3ccccc3)cnc3c(C(F)(F)F)cccc23)c1.Oc1ccc(F)c(-c2c(-c3ccccc3)cnc3c(C(F)(F)F)cccc23)c1. The lowest BCUT2D eigenvalue weighted by molar-refractivity contribution is -0.137. The highest BCUT2D eigenvalue weighted by Crippen LogP contribution is 2.44. The average molecular weight is 781 g/mol. The lowest BCUT2D eigenvalue weighted by Gasteiger charge is -2.17. The average Bonchev–Trinajstić information content (AvgIpc) is 3.21. The van der Waals surface area contributed by atoms with Gasteiger partial charge < -0.3 is 9.84 Å². The number of nitrogens with zero attached hydrogens (tertiary/aromatic N) is 2. The summed E-state index contributed by atoms with van der Waals surface area (Å²) in [5, 5.41) is 10.2. The van der Waals surface area contributed by atoms with E-state index in [1.807, 2.05) is 6.07 Å². The van der Waals surface area contributed by atoms with E-state index in [0.717, 1.165) is 23.8 Å². The minimum absolute atomic E-state index is 0.00516. The van der Waals surface area contributed by atoms with E-state index < -0.39 is 35.1 Å². The van der Waals surface area contributed by atoms with Gasteiger partial charge in [0.05, 0.1) is 29.3 Å². The molecule has 0 aliphatic heterocycles. The molecular weight excluding hydrogens is 752 g/mol. The first kappa shape index (κ1) is 38.5. The molecule has 0 spiro atoms. The molecule has 0 saturated heterocycles. The molecular formula is C45H28F8N2O2. The van der Waals surface area contributed by atoms with Crippen molar-refractivity contribution in [2.45, 2.75) is 12.4 Å². The minimum Gasteiger partial charge on any atom is -0.508 e. The van der Waals surface area contributed by atoms with Crippen molar-refractivity contribution in [3.63, 3.8) is 0 Å². The Morgan fingerprint density at radius 2 is 0.930 bits per heavy atom. The van der Waals surface area contributed by atoms with E-state index in [0.29, 0.717) is 28.0 Å². The molecule has 4 nitrogen and oxygen atoms in total. The molecule has 0 atom stereocenters. The first-order valence-electron chi connectivity index (χ1n) is 17.2. The number of aromatic nitrogens is 2. The third-order valence-electron chi connectivity index (χ3n) is 9.24. The summed E-state index contributed by atoms with van der Waals surface area (Å²) in [4.78, 5) is 8.17. The molecule has 2 aromatic heterocycles. The van der Waals surface area contributed by atoms with Crippen LogP contribution in [0.3, 0.4) is 0 Å². The highest BCUT2D eigenvalue weighted by atomic mass is 19.4. The van der Waals surface area contributed by atoms with Crippen LogP contribution in [-0.2, 0) is 12.4 Å². The molecule has 8 rings (SSSR count). The lowest BCUT2D eigenvalue weighted by Crippen LogP contribution is -2.07. The maximum Gasteiger partial charge on any atom is 0.418 e. The van der Waals surface area contributed by atoms with Gasteiger partial charge in [0.2, 0.25) is 0 Å². The van der Waals surface area contributed by atoms with Gasteiger partial charge in [0.1, 0.15) is 23.1 Å². The third kappa shape index (κ3) is 7.71. The van der Waals surface area contributed by atoms with Crippen molar-refractivity contribution < 1.29 is 45.0 Å². The van der Waals surface area contributed by atoms with Crippen molar-refractivity contribution in [1.82, 2.24) is 9.97 Å². The van der Waals surface area contributed by atoms with E-state index in [1.165, 1.54) is 74.1 Å². The number of aromatic hydroxyl groups is 1. The van der Waals surface area contributed by atoms with E-state index in [4.69, 9.17) is 4.74 Å². The number of fused-ring (bicyclic) bond motifs is 2. The smallest absolute Gasteiger partial charge is 0.418 e. The van der Waals surface area contributed by atoms with Crippen LogP contribution < -0.4 is 4.74 Å². The fraction of sp³-hybridized carbons (Fsp3) is 0.0667. The van der Waals surface area contributed by atoms with Crippen LogP contribution in [0.2, 0.25) is 0 Å². The number of rotatable bonds is 5. The van der Waals surface area contributed by atoms with Crippen molar-refractivity contribution in [2.75, 3.05) is 7.11 Å². The number of pyridine rings is 2. The van der Waals surface area contributed by atoms with Gasteiger partial charge in [-0.25, -0.2) is 8.78 Å². The Kier molecular flexibility index (Phi) is 10.4. The van der Waals surface area contributed by atoms with Gasteiger partial charge in [0, 0.05) is 56.5 Å². The van der Waals surface area contributed by atoms with Crippen molar-refractivity contribution in [3.05, 3.63) is 169 Å². The maximum absolute atomic E-state index is 14.9. The number of alkyl halides is 6. The summed E-state index contributed by atoms with van der Waals surface area (Å²) < 4.78 is 116. The Labute approximate surface area is 320 Å². The number of phenolic OH excluding ortho intramolecular Hbond substituents is 1. The number of ether oxygens (including phenoxy) is 1. The summed E-state index contributed by atoms with van der Waals surface area (Å²) in [6.45, 7) is 0. The largest absolute Gasteiger partial charge is 0.508 e. The van der Waals surface area contributed by atoms with Gasteiger partial charge in [-0.15, -0.1) is 0 Å². The van der Waals surface area contributed by atoms with E-state index in [-0.39, 0.29) is 44.2 Å². The summed E-state index contributed by atoms with van der Waals surface area (Å²) in [6, 6.07) is 33.1. The molecule has 8 aromatic rings. The van der Waals surface area contributed by atoms with Crippen molar-refractivity contribution >= 4 is 21.8 Å². The zero-order valence-electron chi connectivity index (χ0n) is 29.6. The monoisotopic (exact) mass is 780 g/mol. The number of benzene rings is 6. The number of para-hydroxylation sites is 2. The standard InChI is InChI=1S/C23H15F4NO.C22H13F4NO/c1-29-15-10-11-20(24)17(12-15)21-16-8-5-9-19(23(25,26)27)22(16)28-13-18(21)14-6-3-2-4-7-14;23-19-10-9-14(28)11-16(19)20-15-7-4-8-18(22(24,25)26)21(15)27-12-17(20)13-5-2-1-3-6-13/h2-13H,1H3;1-12,28H. The topological polar surface area (TPSA) is 55.2 Å².